The summed E-state index contributed by atoms with van der Waals surface area (Å²) in [5.41, 5.74) is 1.85. The highest BCUT2D eigenvalue weighted by molar-refractivity contribution is 5.94. The van der Waals surface area contributed by atoms with Crippen LogP contribution >= 0.6 is 0 Å². The van der Waals surface area contributed by atoms with Crippen molar-refractivity contribution >= 4 is 5.91 Å². The van der Waals surface area contributed by atoms with Crippen molar-refractivity contribution in [2.24, 2.45) is 0 Å². The molecule has 0 unspecified atom stereocenters. The van der Waals surface area contributed by atoms with Crippen LogP contribution in [0, 0.1) is 11.3 Å². The van der Waals surface area contributed by atoms with Crippen molar-refractivity contribution < 1.29 is 4.79 Å². The van der Waals surface area contributed by atoms with E-state index in [1.54, 1.807) is 4.90 Å². The van der Waals surface area contributed by atoms with Gasteiger partial charge in [0.05, 0.1) is 6.07 Å². The molecule has 3 nitrogen and oxygen atoms in total. The van der Waals surface area contributed by atoms with Gasteiger partial charge in [-0.15, -0.1) is 0 Å². The lowest BCUT2D eigenvalue weighted by atomic mass is 10.0. The Labute approximate surface area is 109 Å². The van der Waals surface area contributed by atoms with Crippen LogP contribution in [0.4, 0.5) is 0 Å². The molecule has 96 valence electrons. The van der Waals surface area contributed by atoms with Gasteiger partial charge >= 0.3 is 0 Å². The second-order valence-electron chi connectivity index (χ2n) is 4.96. The summed E-state index contributed by atoms with van der Waals surface area (Å²) in [5.74, 6) is 0.372. The van der Waals surface area contributed by atoms with Gasteiger partial charge in [-0.1, -0.05) is 26.0 Å². The maximum atomic E-state index is 12.2. The summed E-state index contributed by atoms with van der Waals surface area (Å²) >= 11 is 0. The molecule has 1 aromatic carbocycles. The van der Waals surface area contributed by atoms with Crippen molar-refractivity contribution in [2.75, 3.05) is 6.54 Å². The minimum Gasteiger partial charge on any atom is -0.323 e. The number of carbonyl (C=O) groups excluding carboxylic acids is 1. The summed E-state index contributed by atoms with van der Waals surface area (Å²) < 4.78 is 0. The van der Waals surface area contributed by atoms with Crippen LogP contribution in [0.15, 0.2) is 24.3 Å². The molecule has 0 radical (unpaired) electrons. The fourth-order valence-corrected chi connectivity index (χ4v) is 1.74. The Bertz CT molecular complexity index is 441. The number of hydrogen-bond acceptors (Lipinski definition) is 2. The predicted molar refractivity (Wildman–Crippen MR) is 72.3 cm³/mol. The molecule has 0 aromatic heterocycles. The highest BCUT2D eigenvalue weighted by Gasteiger charge is 2.18. The number of carbonyl (C=O) groups is 1. The van der Waals surface area contributed by atoms with Gasteiger partial charge in [-0.2, -0.15) is 5.26 Å². The third-order valence-electron chi connectivity index (χ3n) is 2.95. The van der Waals surface area contributed by atoms with Crippen LogP contribution in [0.2, 0.25) is 0 Å². The normalized spacial score (nSPS) is 10.5. The summed E-state index contributed by atoms with van der Waals surface area (Å²) in [6, 6.07) is 9.69. The molecular weight excluding hydrogens is 224 g/mol. The lowest BCUT2D eigenvalue weighted by Gasteiger charge is -2.24. The molecule has 0 saturated heterocycles. The highest BCUT2D eigenvalue weighted by Crippen LogP contribution is 2.16. The monoisotopic (exact) mass is 244 g/mol. The molecule has 0 atom stereocenters. The zero-order valence-corrected chi connectivity index (χ0v) is 11.5. The Morgan fingerprint density at radius 1 is 1.22 bits per heavy atom. The maximum Gasteiger partial charge on any atom is 0.254 e. The average molecular weight is 244 g/mol. The predicted octanol–water partition coefficient (Wildman–Crippen LogP) is 3.18. The summed E-state index contributed by atoms with van der Waals surface area (Å²) in [6.07, 6.45) is 0. The van der Waals surface area contributed by atoms with Crippen molar-refractivity contribution in [1.29, 1.82) is 5.26 Å². The molecular formula is C15H20N2O. The summed E-state index contributed by atoms with van der Waals surface area (Å²) in [4.78, 5) is 13.8. The summed E-state index contributed by atoms with van der Waals surface area (Å²) in [6.45, 7) is 8.19. The van der Waals surface area contributed by atoms with Crippen LogP contribution in [0.25, 0.3) is 0 Å². The Morgan fingerprint density at radius 2 is 1.78 bits per heavy atom. The van der Waals surface area contributed by atoms with Crippen molar-refractivity contribution in [3.8, 4) is 6.07 Å². The molecule has 3 heteroatoms. The smallest absolute Gasteiger partial charge is 0.254 e. The first kappa shape index (κ1) is 14.2. The molecule has 0 spiro atoms. The van der Waals surface area contributed by atoms with E-state index in [0.717, 1.165) is 0 Å². The van der Waals surface area contributed by atoms with Crippen LogP contribution in [-0.4, -0.2) is 23.4 Å². The van der Waals surface area contributed by atoms with Crippen molar-refractivity contribution in [1.82, 2.24) is 4.90 Å². The Morgan fingerprint density at radius 3 is 2.17 bits per heavy atom. The molecule has 0 aliphatic rings. The van der Waals surface area contributed by atoms with E-state index in [4.69, 9.17) is 5.26 Å². The zero-order valence-electron chi connectivity index (χ0n) is 11.5. The molecule has 0 bridgehead atoms. The largest absolute Gasteiger partial charge is 0.323 e. The molecule has 0 aliphatic carbocycles. The first-order chi connectivity index (χ1) is 8.47. The van der Waals surface area contributed by atoms with E-state index in [0.29, 0.717) is 11.5 Å². The van der Waals surface area contributed by atoms with Crippen LogP contribution in [0.5, 0.6) is 0 Å². The third kappa shape index (κ3) is 3.33. The summed E-state index contributed by atoms with van der Waals surface area (Å²) in [5, 5.41) is 8.75. The first-order valence-electron chi connectivity index (χ1n) is 6.25. The highest BCUT2D eigenvalue weighted by atomic mass is 16.2. The Hall–Kier alpha value is -1.82. The van der Waals surface area contributed by atoms with Gasteiger partial charge in [-0.05, 0) is 37.5 Å². The lowest BCUT2D eigenvalue weighted by molar-refractivity contribution is 0.0731. The number of amides is 1. The minimum absolute atomic E-state index is 0.0296. The van der Waals surface area contributed by atoms with Gasteiger partial charge in [0.1, 0.15) is 6.54 Å². The lowest BCUT2D eigenvalue weighted by Crippen LogP contribution is -2.37. The fraction of sp³-hybridized carbons (Fsp3) is 0.467. The number of nitriles is 1. The maximum absolute atomic E-state index is 12.2. The SMILES string of the molecule is CC(C)c1ccc(C(=O)N(CC#N)C(C)C)cc1. The quantitative estimate of drug-likeness (QED) is 0.763. The fourth-order valence-electron chi connectivity index (χ4n) is 1.74. The van der Waals surface area contributed by atoms with Gasteiger partial charge in [0.25, 0.3) is 5.91 Å². The van der Waals surface area contributed by atoms with Gasteiger partial charge in [0.15, 0.2) is 0 Å². The number of hydrogen-bond donors (Lipinski definition) is 0. The second kappa shape index (κ2) is 6.20. The summed E-state index contributed by atoms with van der Waals surface area (Å²) in [7, 11) is 0. The van der Waals surface area contributed by atoms with E-state index in [-0.39, 0.29) is 18.5 Å². The average Bonchev–Trinajstić information content (AvgIpc) is 2.35. The van der Waals surface area contributed by atoms with Crippen LogP contribution < -0.4 is 0 Å². The zero-order chi connectivity index (χ0) is 13.7. The molecule has 1 rings (SSSR count). The molecule has 0 fully saturated rings. The van der Waals surface area contributed by atoms with E-state index in [9.17, 15) is 4.79 Å². The van der Waals surface area contributed by atoms with Gasteiger partial charge < -0.3 is 4.90 Å². The van der Waals surface area contributed by atoms with E-state index < -0.39 is 0 Å². The molecule has 0 aliphatic heterocycles. The molecule has 1 amide bonds. The van der Waals surface area contributed by atoms with E-state index in [2.05, 4.69) is 13.8 Å². The van der Waals surface area contributed by atoms with E-state index in [1.807, 2.05) is 44.2 Å². The number of benzene rings is 1. The molecule has 18 heavy (non-hydrogen) atoms. The third-order valence-corrected chi connectivity index (χ3v) is 2.95. The van der Waals surface area contributed by atoms with Gasteiger partial charge in [0, 0.05) is 11.6 Å². The molecule has 0 saturated carbocycles. The molecule has 1 aromatic rings. The van der Waals surface area contributed by atoms with E-state index >= 15 is 0 Å². The van der Waals surface area contributed by atoms with Gasteiger partial charge in [-0.3, -0.25) is 4.79 Å². The topological polar surface area (TPSA) is 44.1 Å². The van der Waals surface area contributed by atoms with Gasteiger partial charge in [0.2, 0.25) is 0 Å². The van der Waals surface area contributed by atoms with Crippen molar-refractivity contribution in [2.45, 2.75) is 39.7 Å². The van der Waals surface area contributed by atoms with E-state index in [1.165, 1.54) is 5.56 Å². The molecule has 0 heterocycles. The molecule has 0 N–H and O–H groups in total. The Balaban J connectivity index is 2.92. The first-order valence-corrected chi connectivity index (χ1v) is 6.25. The van der Waals surface area contributed by atoms with Crippen LogP contribution in [0.3, 0.4) is 0 Å². The van der Waals surface area contributed by atoms with Crippen LogP contribution in [0.1, 0.15) is 49.5 Å². The standard InChI is InChI=1S/C15H20N2O/c1-11(2)13-5-7-14(8-6-13)15(18)17(10-9-16)12(3)4/h5-8,11-12H,10H2,1-4H3. The number of rotatable bonds is 4. The number of nitrogens with zero attached hydrogens (tertiary/aromatic N) is 2. The Kier molecular flexibility index (Phi) is 4.91. The minimum atomic E-state index is -0.0816. The van der Waals surface area contributed by atoms with Crippen molar-refractivity contribution in [3.63, 3.8) is 0 Å². The van der Waals surface area contributed by atoms with Crippen molar-refractivity contribution in [3.05, 3.63) is 35.4 Å². The van der Waals surface area contributed by atoms with Gasteiger partial charge in [-0.25, -0.2) is 0 Å². The van der Waals surface area contributed by atoms with Crippen LogP contribution in [-0.2, 0) is 0 Å². The second-order valence-corrected chi connectivity index (χ2v) is 4.96.